The smallest absolute Gasteiger partial charge is 0.368 e. The highest BCUT2D eigenvalue weighted by Crippen LogP contribution is 2.32. The minimum absolute atomic E-state index is 0.277. The molecule has 0 radical (unpaired) electrons. The van der Waals surface area contributed by atoms with Gasteiger partial charge in [-0.1, -0.05) is 18.2 Å². The standard InChI is InChI=1S/C28H25F6N5O/c1-17-23(14-19-6-8-20(9-7-19)27(29,30)31)18(2)39-25(36-17)24(16-35-39)26(40)38-12-10-37(11-13-38)22-5-3-4-21(15-22)28(32,33)34/h3-9,15-16H,10-14H2,1-2H3. The largest absolute Gasteiger partial charge is 0.416 e. The van der Waals surface area contributed by atoms with Crippen molar-refractivity contribution < 1.29 is 31.1 Å². The Morgan fingerprint density at radius 2 is 1.52 bits per heavy atom. The number of carbonyl (C=O) groups is 1. The maximum Gasteiger partial charge on any atom is 0.416 e. The summed E-state index contributed by atoms with van der Waals surface area (Å²) in [7, 11) is 0. The summed E-state index contributed by atoms with van der Waals surface area (Å²) in [5.41, 5.74) is 2.52. The average Bonchev–Trinajstić information content (AvgIpc) is 3.34. The van der Waals surface area contributed by atoms with Crippen LogP contribution >= 0.6 is 0 Å². The Balaban J connectivity index is 1.32. The third-order valence-corrected chi connectivity index (χ3v) is 7.21. The molecule has 1 aliphatic rings. The van der Waals surface area contributed by atoms with E-state index in [0.29, 0.717) is 60.8 Å². The van der Waals surface area contributed by atoms with Gasteiger partial charge < -0.3 is 9.80 Å². The summed E-state index contributed by atoms with van der Waals surface area (Å²) in [6.45, 7) is 4.97. The van der Waals surface area contributed by atoms with Crippen molar-refractivity contribution in [2.45, 2.75) is 32.6 Å². The molecule has 210 valence electrons. The summed E-state index contributed by atoms with van der Waals surface area (Å²) in [6, 6.07) is 10.1. The van der Waals surface area contributed by atoms with Crippen molar-refractivity contribution in [2.24, 2.45) is 0 Å². The van der Waals surface area contributed by atoms with Crippen molar-refractivity contribution in [1.29, 1.82) is 0 Å². The zero-order chi connectivity index (χ0) is 28.8. The summed E-state index contributed by atoms with van der Waals surface area (Å²) < 4.78 is 79.6. The third-order valence-electron chi connectivity index (χ3n) is 7.21. The molecule has 0 spiro atoms. The van der Waals surface area contributed by atoms with E-state index in [-0.39, 0.29) is 5.91 Å². The number of carbonyl (C=O) groups excluding carboxylic acids is 1. The second-order valence-electron chi connectivity index (χ2n) is 9.75. The van der Waals surface area contributed by atoms with Gasteiger partial charge in [-0.2, -0.15) is 31.4 Å². The first-order chi connectivity index (χ1) is 18.8. The number of rotatable bonds is 4. The van der Waals surface area contributed by atoms with Crippen molar-refractivity contribution in [3.63, 3.8) is 0 Å². The first-order valence-corrected chi connectivity index (χ1v) is 12.5. The van der Waals surface area contributed by atoms with E-state index in [9.17, 15) is 31.1 Å². The fourth-order valence-corrected chi connectivity index (χ4v) is 4.95. The SMILES string of the molecule is Cc1nc2c(C(=O)N3CCN(c4cccc(C(F)(F)F)c4)CC3)cnn2c(C)c1Cc1ccc(C(F)(F)F)cc1. The highest BCUT2D eigenvalue weighted by Gasteiger charge is 2.32. The molecule has 0 N–H and O–H groups in total. The zero-order valence-corrected chi connectivity index (χ0v) is 21.6. The molecule has 0 atom stereocenters. The first-order valence-electron chi connectivity index (χ1n) is 12.5. The van der Waals surface area contributed by atoms with E-state index in [2.05, 4.69) is 10.1 Å². The number of benzene rings is 2. The minimum Gasteiger partial charge on any atom is -0.368 e. The van der Waals surface area contributed by atoms with Crippen LogP contribution in [0.3, 0.4) is 0 Å². The topological polar surface area (TPSA) is 53.7 Å². The number of aryl methyl sites for hydroxylation is 2. The molecule has 40 heavy (non-hydrogen) atoms. The molecule has 0 bridgehead atoms. The lowest BCUT2D eigenvalue weighted by molar-refractivity contribution is -0.138. The predicted molar refractivity (Wildman–Crippen MR) is 136 cm³/mol. The van der Waals surface area contributed by atoms with Crippen molar-refractivity contribution in [3.8, 4) is 0 Å². The summed E-state index contributed by atoms with van der Waals surface area (Å²) >= 11 is 0. The normalized spacial score (nSPS) is 14.7. The van der Waals surface area contributed by atoms with Gasteiger partial charge in [0.1, 0.15) is 5.56 Å². The molecule has 1 aliphatic heterocycles. The molecule has 0 aliphatic carbocycles. The summed E-state index contributed by atoms with van der Waals surface area (Å²) in [6.07, 6.45) is -7.05. The van der Waals surface area contributed by atoms with Crippen LogP contribution in [0.25, 0.3) is 5.65 Å². The second-order valence-corrected chi connectivity index (χ2v) is 9.75. The van der Waals surface area contributed by atoms with E-state index in [4.69, 9.17) is 0 Å². The van der Waals surface area contributed by atoms with Gasteiger partial charge in [-0.25, -0.2) is 9.50 Å². The predicted octanol–water partition coefficient (Wildman–Crippen LogP) is 5.94. The highest BCUT2D eigenvalue weighted by atomic mass is 19.4. The first kappa shape index (κ1) is 27.5. The fraction of sp³-hybridized carbons (Fsp3) is 0.321. The summed E-state index contributed by atoms with van der Waals surface area (Å²) in [5.74, 6) is -0.277. The fourth-order valence-electron chi connectivity index (χ4n) is 4.95. The zero-order valence-electron chi connectivity index (χ0n) is 21.6. The van der Waals surface area contributed by atoms with Crippen molar-refractivity contribution >= 4 is 17.2 Å². The molecule has 0 unspecified atom stereocenters. The van der Waals surface area contributed by atoms with E-state index >= 15 is 0 Å². The molecule has 2 aromatic heterocycles. The van der Waals surface area contributed by atoms with E-state index < -0.39 is 23.5 Å². The highest BCUT2D eigenvalue weighted by molar-refractivity contribution is 5.99. The molecule has 3 heterocycles. The molecule has 5 rings (SSSR count). The number of anilines is 1. The molecular formula is C28H25F6N5O. The lowest BCUT2D eigenvalue weighted by atomic mass is 10.0. The number of halogens is 6. The molecule has 1 saturated heterocycles. The van der Waals surface area contributed by atoms with E-state index in [0.717, 1.165) is 35.5 Å². The molecule has 2 aromatic carbocycles. The van der Waals surface area contributed by atoms with Crippen LogP contribution in [-0.2, 0) is 18.8 Å². The van der Waals surface area contributed by atoms with Gasteiger partial charge >= 0.3 is 12.4 Å². The van der Waals surface area contributed by atoms with Gasteiger partial charge in [0, 0.05) is 49.7 Å². The van der Waals surface area contributed by atoms with Crippen LogP contribution in [-0.4, -0.2) is 51.6 Å². The van der Waals surface area contributed by atoms with Crippen LogP contribution in [0.5, 0.6) is 0 Å². The van der Waals surface area contributed by atoms with Gasteiger partial charge in [0.05, 0.1) is 17.3 Å². The number of hydrogen-bond acceptors (Lipinski definition) is 4. The molecule has 1 fully saturated rings. The molecule has 0 saturated carbocycles. The number of piperazine rings is 1. The number of alkyl halides is 6. The maximum atomic E-state index is 13.4. The van der Waals surface area contributed by atoms with Crippen molar-refractivity contribution in [2.75, 3.05) is 31.1 Å². The van der Waals surface area contributed by atoms with Crippen LogP contribution in [0, 0.1) is 13.8 Å². The Morgan fingerprint density at radius 1 is 0.875 bits per heavy atom. The Labute approximate surface area is 225 Å². The molecule has 1 amide bonds. The molecule has 12 heteroatoms. The number of fused-ring (bicyclic) bond motifs is 1. The minimum atomic E-state index is -4.43. The average molecular weight is 562 g/mol. The third kappa shape index (κ3) is 5.34. The lowest BCUT2D eigenvalue weighted by Gasteiger charge is -2.36. The Hall–Kier alpha value is -4.09. The quantitative estimate of drug-likeness (QED) is 0.290. The molecule has 6 nitrogen and oxygen atoms in total. The monoisotopic (exact) mass is 561 g/mol. The van der Waals surface area contributed by atoms with Gasteiger partial charge in [0.2, 0.25) is 0 Å². The second kappa shape index (κ2) is 10.1. The number of nitrogens with zero attached hydrogens (tertiary/aromatic N) is 5. The maximum absolute atomic E-state index is 13.4. The van der Waals surface area contributed by atoms with Crippen molar-refractivity contribution in [1.82, 2.24) is 19.5 Å². The Morgan fingerprint density at radius 3 is 2.15 bits per heavy atom. The van der Waals surface area contributed by atoms with E-state index in [1.807, 2.05) is 11.8 Å². The lowest BCUT2D eigenvalue weighted by Crippen LogP contribution is -2.48. The van der Waals surface area contributed by atoms with Crippen LogP contribution in [0.2, 0.25) is 0 Å². The van der Waals surface area contributed by atoms with Gasteiger partial charge in [0.15, 0.2) is 5.65 Å². The van der Waals surface area contributed by atoms with Gasteiger partial charge in [0.25, 0.3) is 5.91 Å². The van der Waals surface area contributed by atoms with Crippen LogP contribution in [0.1, 0.15) is 44.0 Å². The van der Waals surface area contributed by atoms with Crippen molar-refractivity contribution in [3.05, 3.63) is 93.9 Å². The number of hydrogen-bond donors (Lipinski definition) is 0. The van der Waals surface area contributed by atoms with E-state index in [1.165, 1.54) is 24.4 Å². The Bertz CT molecular complexity index is 1550. The number of amides is 1. The van der Waals surface area contributed by atoms with Crippen LogP contribution in [0.4, 0.5) is 32.0 Å². The Kier molecular flexibility index (Phi) is 6.97. The molecule has 4 aromatic rings. The van der Waals surface area contributed by atoms with Gasteiger partial charge in [-0.05, 0) is 55.3 Å². The van der Waals surface area contributed by atoms with Gasteiger partial charge in [-0.3, -0.25) is 4.79 Å². The number of aromatic nitrogens is 3. The summed E-state index contributed by atoms with van der Waals surface area (Å²) in [5, 5.41) is 4.36. The van der Waals surface area contributed by atoms with Gasteiger partial charge in [-0.15, -0.1) is 0 Å². The van der Waals surface area contributed by atoms with E-state index in [1.54, 1.807) is 22.4 Å². The van der Waals surface area contributed by atoms with Crippen LogP contribution in [0.15, 0.2) is 54.7 Å². The van der Waals surface area contributed by atoms with Crippen LogP contribution < -0.4 is 4.90 Å². The summed E-state index contributed by atoms with van der Waals surface area (Å²) in [4.78, 5) is 21.4. The molecular weight excluding hydrogens is 536 g/mol.